The van der Waals surface area contributed by atoms with Crippen LogP contribution >= 0.6 is 0 Å². The van der Waals surface area contributed by atoms with Gasteiger partial charge in [0.05, 0.1) is 6.10 Å². The molecule has 1 heterocycles. The number of allylic oxidation sites excluding steroid dienone is 1. The van der Waals surface area contributed by atoms with Gasteiger partial charge < -0.3 is 4.74 Å². The zero-order valence-electron chi connectivity index (χ0n) is 8.33. The van der Waals surface area contributed by atoms with Gasteiger partial charge >= 0.3 is 0 Å². The molecule has 2 saturated carbocycles. The summed E-state index contributed by atoms with van der Waals surface area (Å²) in [5.41, 5.74) is 1.69. The first-order valence-corrected chi connectivity index (χ1v) is 5.67. The minimum atomic E-state index is 0.610. The van der Waals surface area contributed by atoms with E-state index in [1.807, 2.05) is 0 Å². The fraction of sp³-hybridized carbons (Fsp3) is 0.833. The fourth-order valence-corrected chi connectivity index (χ4v) is 3.76. The molecule has 0 unspecified atom stereocenters. The number of hydrogen-bond donors (Lipinski definition) is 0. The van der Waals surface area contributed by atoms with Crippen molar-refractivity contribution in [3.05, 3.63) is 11.6 Å². The molecule has 0 radical (unpaired) electrons. The van der Waals surface area contributed by atoms with Gasteiger partial charge in [0.15, 0.2) is 0 Å². The molecule has 13 heavy (non-hydrogen) atoms. The second-order valence-electron chi connectivity index (χ2n) is 4.81. The summed E-state index contributed by atoms with van der Waals surface area (Å²) in [4.78, 5) is 0. The molecule has 3 fully saturated rings. The Balaban J connectivity index is 1.87. The normalized spacial score (nSPS) is 51.3. The molecule has 3 aliphatic rings. The first-order valence-electron chi connectivity index (χ1n) is 5.67. The van der Waals surface area contributed by atoms with Crippen LogP contribution in [0.1, 0.15) is 32.6 Å². The van der Waals surface area contributed by atoms with Crippen LogP contribution in [0.15, 0.2) is 11.6 Å². The molecule has 1 aliphatic heterocycles. The van der Waals surface area contributed by atoms with Crippen LogP contribution in [0.2, 0.25) is 0 Å². The van der Waals surface area contributed by atoms with Crippen molar-refractivity contribution in [2.24, 2.45) is 17.8 Å². The quantitative estimate of drug-likeness (QED) is 0.518. The van der Waals surface area contributed by atoms with E-state index < -0.39 is 0 Å². The summed E-state index contributed by atoms with van der Waals surface area (Å²) in [6.07, 6.45) is 8.48. The minimum Gasteiger partial charge on any atom is -0.377 e. The first-order chi connectivity index (χ1) is 6.40. The molecule has 4 atom stereocenters. The average Bonchev–Trinajstić information content (AvgIpc) is 2.75. The van der Waals surface area contributed by atoms with Crippen LogP contribution in [-0.2, 0) is 4.74 Å². The largest absolute Gasteiger partial charge is 0.377 e. The minimum absolute atomic E-state index is 0.610. The van der Waals surface area contributed by atoms with Gasteiger partial charge in [-0.2, -0.15) is 0 Å². The molecule has 2 aliphatic carbocycles. The summed E-state index contributed by atoms with van der Waals surface area (Å²) in [5.74, 6) is 2.70. The first kappa shape index (κ1) is 8.05. The highest BCUT2D eigenvalue weighted by Gasteiger charge is 2.51. The molecule has 0 aromatic carbocycles. The van der Waals surface area contributed by atoms with E-state index in [4.69, 9.17) is 4.74 Å². The molecular weight excluding hydrogens is 160 g/mol. The molecule has 0 N–H and O–H groups in total. The molecule has 0 aromatic rings. The lowest BCUT2D eigenvalue weighted by molar-refractivity contribution is -0.0423. The Morgan fingerprint density at radius 2 is 2.38 bits per heavy atom. The van der Waals surface area contributed by atoms with Crippen LogP contribution in [0.25, 0.3) is 0 Å². The van der Waals surface area contributed by atoms with E-state index in [1.54, 1.807) is 5.57 Å². The van der Waals surface area contributed by atoms with E-state index >= 15 is 0 Å². The highest BCUT2D eigenvalue weighted by molar-refractivity contribution is 5.21. The number of ether oxygens (including phenoxy) is 1. The van der Waals surface area contributed by atoms with E-state index in [0.29, 0.717) is 6.10 Å². The lowest BCUT2D eigenvalue weighted by Crippen LogP contribution is -2.35. The van der Waals surface area contributed by atoms with Crippen LogP contribution in [-0.4, -0.2) is 12.7 Å². The van der Waals surface area contributed by atoms with Crippen LogP contribution in [0, 0.1) is 17.8 Å². The Kier molecular flexibility index (Phi) is 1.76. The van der Waals surface area contributed by atoms with Crippen LogP contribution in [0.4, 0.5) is 0 Å². The van der Waals surface area contributed by atoms with Crippen molar-refractivity contribution in [3.63, 3.8) is 0 Å². The molecule has 1 saturated heterocycles. The van der Waals surface area contributed by atoms with Gasteiger partial charge in [0.1, 0.15) is 0 Å². The second kappa shape index (κ2) is 2.84. The Bertz CT molecular complexity index is 244. The third-order valence-electron chi connectivity index (χ3n) is 4.32. The summed E-state index contributed by atoms with van der Waals surface area (Å²) in [6, 6.07) is 0. The number of hydrogen-bond acceptors (Lipinski definition) is 1. The summed E-state index contributed by atoms with van der Waals surface area (Å²) in [5, 5.41) is 0. The summed E-state index contributed by atoms with van der Waals surface area (Å²) in [7, 11) is 0. The maximum absolute atomic E-state index is 5.93. The van der Waals surface area contributed by atoms with Gasteiger partial charge in [-0.1, -0.05) is 11.6 Å². The predicted molar refractivity (Wildman–Crippen MR) is 52.4 cm³/mol. The van der Waals surface area contributed by atoms with Crippen LogP contribution in [0.3, 0.4) is 0 Å². The Morgan fingerprint density at radius 1 is 1.46 bits per heavy atom. The van der Waals surface area contributed by atoms with Gasteiger partial charge in [-0.05, 0) is 44.4 Å². The van der Waals surface area contributed by atoms with Crippen molar-refractivity contribution in [1.82, 2.24) is 0 Å². The topological polar surface area (TPSA) is 9.23 Å². The molecule has 1 heteroatoms. The van der Waals surface area contributed by atoms with E-state index in [-0.39, 0.29) is 0 Å². The zero-order chi connectivity index (χ0) is 8.84. The Morgan fingerprint density at radius 3 is 3.23 bits per heavy atom. The van der Waals surface area contributed by atoms with Crippen molar-refractivity contribution in [3.8, 4) is 0 Å². The van der Waals surface area contributed by atoms with E-state index in [2.05, 4.69) is 13.0 Å². The van der Waals surface area contributed by atoms with Crippen molar-refractivity contribution in [2.45, 2.75) is 38.7 Å². The number of fused-ring (bicyclic) bond motifs is 5. The third-order valence-corrected chi connectivity index (χ3v) is 4.32. The second-order valence-corrected chi connectivity index (χ2v) is 4.81. The van der Waals surface area contributed by atoms with Gasteiger partial charge in [-0.15, -0.1) is 0 Å². The highest BCUT2D eigenvalue weighted by atomic mass is 16.5. The molecule has 72 valence electrons. The van der Waals surface area contributed by atoms with E-state index in [1.165, 1.54) is 25.7 Å². The molecule has 1 nitrogen and oxygen atoms in total. The molecule has 0 amide bonds. The molecule has 0 aromatic heterocycles. The van der Waals surface area contributed by atoms with E-state index in [0.717, 1.165) is 24.4 Å². The van der Waals surface area contributed by atoms with Gasteiger partial charge in [0.2, 0.25) is 0 Å². The van der Waals surface area contributed by atoms with Gasteiger partial charge in [0.25, 0.3) is 0 Å². The molecule has 3 rings (SSSR count). The SMILES string of the molecule is C/C=C1\C[C@@H]2C[C@H]1[C@H]1OCCC[C@@H]21. The van der Waals surface area contributed by atoms with Gasteiger partial charge in [-0.25, -0.2) is 0 Å². The fourth-order valence-electron chi connectivity index (χ4n) is 3.76. The number of rotatable bonds is 0. The van der Waals surface area contributed by atoms with E-state index in [9.17, 15) is 0 Å². The zero-order valence-corrected chi connectivity index (χ0v) is 8.33. The predicted octanol–water partition coefficient (Wildman–Crippen LogP) is 2.77. The van der Waals surface area contributed by atoms with Crippen molar-refractivity contribution in [2.75, 3.05) is 6.61 Å². The lowest BCUT2D eigenvalue weighted by Gasteiger charge is -2.36. The molecular formula is C12H18O. The average molecular weight is 178 g/mol. The van der Waals surface area contributed by atoms with Gasteiger partial charge in [0, 0.05) is 12.5 Å². The highest BCUT2D eigenvalue weighted by Crippen LogP contribution is 2.55. The van der Waals surface area contributed by atoms with Crippen molar-refractivity contribution in [1.29, 1.82) is 0 Å². The maximum Gasteiger partial charge on any atom is 0.0671 e. The summed E-state index contributed by atoms with van der Waals surface area (Å²) in [6.45, 7) is 3.20. The monoisotopic (exact) mass is 178 g/mol. The van der Waals surface area contributed by atoms with Crippen LogP contribution in [0.5, 0.6) is 0 Å². The Hall–Kier alpha value is -0.300. The Labute approximate surface area is 80.2 Å². The third kappa shape index (κ3) is 1.03. The standard InChI is InChI=1S/C12H18O/c1-2-8-6-9-7-11(8)12-10(9)4-3-5-13-12/h2,9-12H,3-7H2,1H3/b8-2+/t9-,10+,11-,12+/m1/s1. The summed E-state index contributed by atoms with van der Waals surface area (Å²) >= 11 is 0. The molecule has 2 bridgehead atoms. The molecule has 0 spiro atoms. The maximum atomic E-state index is 5.93. The van der Waals surface area contributed by atoms with Crippen molar-refractivity contribution >= 4 is 0 Å². The van der Waals surface area contributed by atoms with Crippen LogP contribution < -0.4 is 0 Å². The summed E-state index contributed by atoms with van der Waals surface area (Å²) < 4.78 is 5.93. The van der Waals surface area contributed by atoms with Gasteiger partial charge in [-0.3, -0.25) is 0 Å². The van der Waals surface area contributed by atoms with Crippen molar-refractivity contribution < 1.29 is 4.74 Å². The smallest absolute Gasteiger partial charge is 0.0671 e. The lowest BCUT2D eigenvalue weighted by atomic mass is 9.79.